The molecule has 0 spiro atoms. The zero-order chi connectivity index (χ0) is 13.4. The summed E-state index contributed by atoms with van der Waals surface area (Å²) in [5, 5.41) is 0. The molecule has 3 rings (SSSR count). The number of pyridine rings is 1. The van der Waals surface area contributed by atoms with Gasteiger partial charge in [-0.25, -0.2) is 4.98 Å². The molecule has 1 aromatic carbocycles. The third-order valence-corrected chi connectivity index (χ3v) is 3.35. The number of benzene rings is 1. The van der Waals surface area contributed by atoms with Crippen molar-refractivity contribution in [3.8, 4) is 11.4 Å². The summed E-state index contributed by atoms with van der Waals surface area (Å²) in [6, 6.07) is 10.2. The van der Waals surface area contributed by atoms with E-state index in [2.05, 4.69) is 20.6 Å². The van der Waals surface area contributed by atoms with E-state index >= 15 is 0 Å². The summed E-state index contributed by atoms with van der Waals surface area (Å²) in [4.78, 5) is 9.02. The Kier molecular flexibility index (Phi) is 2.80. The van der Waals surface area contributed by atoms with Crippen molar-refractivity contribution in [3.63, 3.8) is 0 Å². The average molecular weight is 252 g/mol. The number of fused-ring (bicyclic) bond motifs is 1. The summed E-state index contributed by atoms with van der Waals surface area (Å²) in [6.45, 7) is 2.51. The smallest absolute Gasteiger partial charge is 0.142 e. The van der Waals surface area contributed by atoms with Crippen LogP contribution in [0.5, 0.6) is 0 Å². The molecule has 3 aromatic rings. The van der Waals surface area contributed by atoms with Gasteiger partial charge in [0.05, 0.1) is 11.0 Å². The van der Waals surface area contributed by atoms with Crippen LogP contribution in [0, 0.1) is 6.92 Å². The molecule has 2 N–H and O–H groups in total. The normalized spacial score (nSPS) is 11.1. The second-order valence-electron chi connectivity index (χ2n) is 4.71. The minimum Gasteiger partial charge on any atom is -0.327 e. The van der Waals surface area contributed by atoms with Gasteiger partial charge in [0.1, 0.15) is 5.82 Å². The second-order valence-corrected chi connectivity index (χ2v) is 4.71. The molecule has 0 aliphatic rings. The van der Waals surface area contributed by atoms with Crippen molar-refractivity contribution < 1.29 is 0 Å². The molecule has 0 aliphatic heterocycles. The molecule has 19 heavy (non-hydrogen) atoms. The minimum absolute atomic E-state index is 0.536. The summed E-state index contributed by atoms with van der Waals surface area (Å²) in [6.07, 6.45) is 1.86. The van der Waals surface area contributed by atoms with Crippen LogP contribution in [0.4, 0.5) is 0 Å². The second kappa shape index (κ2) is 4.48. The molecule has 0 amide bonds. The molecule has 2 aromatic heterocycles. The van der Waals surface area contributed by atoms with Crippen molar-refractivity contribution in [3.05, 3.63) is 47.8 Å². The lowest BCUT2D eigenvalue weighted by atomic mass is 10.2. The summed E-state index contributed by atoms with van der Waals surface area (Å²) in [5.41, 5.74) is 10.9. The van der Waals surface area contributed by atoms with E-state index in [4.69, 9.17) is 5.73 Å². The van der Waals surface area contributed by atoms with E-state index in [0.29, 0.717) is 6.54 Å². The number of hydrogen-bond acceptors (Lipinski definition) is 3. The van der Waals surface area contributed by atoms with Crippen molar-refractivity contribution in [1.29, 1.82) is 0 Å². The van der Waals surface area contributed by atoms with Gasteiger partial charge in [-0.05, 0) is 36.8 Å². The molecule has 4 heteroatoms. The largest absolute Gasteiger partial charge is 0.327 e. The Hall–Kier alpha value is -2.20. The van der Waals surface area contributed by atoms with Crippen LogP contribution in [-0.2, 0) is 13.6 Å². The van der Waals surface area contributed by atoms with Crippen LogP contribution >= 0.6 is 0 Å². The number of imidazole rings is 1. The Balaban J connectivity index is 2.19. The lowest BCUT2D eigenvalue weighted by molar-refractivity contribution is 0.956. The van der Waals surface area contributed by atoms with Crippen LogP contribution in [0.2, 0.25) is 0 Å². The monoisotopic (exact) mass is 252 g/mol. The molecule has 4 nitrogen and oxygen atoms in total. The summed E-state index contributed by atoms with van der Waals surface area (Å²) >= 11 is 0. The van der Waals surface area contributed by atoms with Gasteiger partial charge in [-0.2, -0.15) is 0 Å². The van der Waals surface area contributed by atoms with Gasteiger partial charge in [0.2, 0.25) is 0 Å². The van der Waals surface area contributed by atoms with E-state index in [9.17, 15) is 0 Å². The predicted molar refractivity (Wildman–Crippen MR) is 76.6 cm³/mol. The Morgan fingerprint density at radius 2 is 2.05 bits per heavy atom. The predicted octanol–water partition coefficient (Wildman–Crippen LogP) is 2.40. The lowest BCUT2D eigenvalue weighted by Gasteiger charge is -2.02. The zero-order valence-electron chi connectivity index (χ0n) is 11.1. The fourth-order valence-corrected chi connectivity index (χ4v) is 2.23. The van der Waals surface area contributed by atoms with E-state index in [-0.39, 0.29) is 0 Å². The van der Waals surface area contributed by atoms with Crippen molar-refractivity contribution in [2.45, 2.75) is 13.5 Å². The number of aryl methyl sites for hydroxylation is 2. The van der Waals surface area contributed by atoms with Gasteiger partial charge in [-0.3, -0.25) is 4.98 Å². The summed E-state index contributed by atoms with van der Waals surface area (Å²) in [7, 11) is 2.02. The highest BCUT2D eigenvalue weighted by Crippen LogP contribution is 2.23. The van der Waals surface area contributed by atoms with Gasteiger partial charge in [0, 0.05) is 31.0 Å². The third kappa shape index (κ3) is 2.00. The number of nitrogens with two attached hydrogens (primary N) is 1. The van der Waals surface area contributed by atoms with E-state index in [1.54, 1.807) is 0 Å². The van der Waals surface area contributed by atoms with Crippen LogP contribution in [-0.4, -0.2) is 14.5 Å². The topological polar surface area (TPSA) is 56.7 Å². The highest BCUT2D eigenvalue weighted by molar-refractivity contribution is 5.81. The van der Waals surface area contributed by atoms with Gasteiger partial charge < -0.3 is 10.3 Å². The molecule has 0 fully saturated rings. The third-order valence-electron chi connectivity index (χ3n) is 3.35. The number of rotatable bonds is 2. The van der Waals surface area contributed by atoms with Crippen LogP contribution in [0.3, 0.4) is 0 Å². The maximum absolute atomic E-state index is 5.67. The number of hydrogen-bond donors (Lipinski definition) is 1. The maximum Gasteiger partial charge on any atom is 0.142 e. The minimum atomic E-state index is 0.536. The van der Waals surface area contributed by atoms with E-state index < -0.39 is 0 Å². The van der Waals surface area contributed by atoms with Crippen LogP contribution in [0.25, 0.3) is 22.4 Å². The molecule has 0 aliphatic carbocycles. The molecule has 0 atom stereocenters. The summed E-state index contributed by atoms with van der Waals surface area (Å²) in [5.74, 6) is 0.927. The molecular formula is C15H16N4. The van der Waals surface area contributed by atoms with Crippen molar-refractivity contribution in [2.24, 2.45) is 12.8 Å². The summed E-state index contributed by atoms with van der Waals surface area (Å²) < 4.78 is 2.09. The zero-order valence-corrected chi connectivity index (χ0v) is 11.1. The van der Waals surface area contributed by atoms with Crippen LogP contribution < -0.4 is 5.73 Å². The van der Waals surface area contributed by atoms with E-state index in [0.717, 1.165) is 33.7 Å². The van der Waals surface area contributed by atoms with Crippen molar-refractivity contribution >= 4 is 11.0 Å². The number of nitrogens with zero attached hydrogens (tertiary/aromatic N) is 3. The van der Waals surface area contributed by atoms with Gasteiger partial charge in [0.25, 0.3) is 0 Å². The molecule has 0 bridgehead atoms. The first-order valence-electron chi connectivity index (χ1n) is 6.27. The standard InChI is InChI=1S/C15H16N4/c1-10-3-5-12(9-17-10)15-18-13-7-11(8-16)4-6-14(13)19(15)2/h3-7,9H,8,16H2,1-2H3. The lowest BCUT2D eigenvalue weighted by Crippen LogP contribution is -1.96. The first-order chi connectivity index (χ1) is 9.19. The Morgan fingerprint density at radius 3 is 2.74 bits per heavy atom. The molecule has 96 valence electrons. The fourth-order valence-electron chi connectivity index (χ4n) is 2.23. The Bertz CT molecular complexity index is 726. The van der Waals surface area contributed by atoms with Gasteiger partial charge in [-0.1, -0.05) is 6.07 Å². The molecule has 2 heterocycles. The van der Waals surface area contributed by atoms with Gasteiger partial charge in [-0.15, -0.1) is 0 Å². The maximum atomic E-state index is 5.67. The van der Waals surface area contributed by atoms with Gasteiger partial charge in [0.15, 0.2) is 0 Å². The molecule has 0 radical (unpaired) electrons. The quantitative estimate of drug-likeness (QED) is 0.762. The molecular weight excluding hydrogens is 236 g/mol. The van der Waals surface area contributed by atoms with E-state index in [1.165, 1.54) is 0 Å². The fraction of sp³-hybridized carbons (Fsp3) is 0.200. The van der Waals surface area contributed by atoms with Crippen molar-refractivity contribution in [1.82, 2.24) is 14.5 Å². The Labute approximate surface area is 111 Å². The highest BCUT2D eigenvalue weighted by atomic mass is 15.1. The van der Waals surface area contributed by atoms with Crippen molar-refractivity contribution in [2.75, 3.05) is 0 Å². The molecule has 0 unspecified atom stereocenters. The number of aromatic nitrogens is 3. The first-order valence-corrected chi connectivity index (χ1v) is 6.27. The van der Waals surface area contributed by atoms with E-state index in [1.807, 2.05) is 44.4 Å². The molecule has 0 saturated heterocycles. The average Bonchev–Trinajstić information content (AvgIpc) is 2.76. The first kappa shape index (κ1) is 11.9. The van der Waals surface area contributed by atoms with Gasteiger partial charge >= 0.3 is 0 Å². The SMILES string of the molecule is Cc1ccc(-c2nc3cc(CN)ccc3n2C)cn1. The highest BCUT2D eigenvalue weighted by Gasteiger charge is 2.10. The van der Waals surface area contributed by atoms with Crippen LogP contribution in [0.15, 0.2) is 36.5 Å². The Morgan fingerprint density at radius 1 is 1.21 bits per heavy atom. The molecule has 0 saturated carbocycles. The van der Waals surface area contributed by atoms with Crippen LogP contribution in [0.1, 0.15) is 11.3 Å².